The van der Waals surface area contributed by atoms with Gasteiger partial charge in [-0.15, -0.1) is 0 Å². The molecule has 2 unspecified atom stereocenters. The number of piperidine rings is 1. The van der Waals surface area contributed by atoms with Crippen molar-refractivity contribution in [3.05, 3.63) is 0 Å². The highest BCUT2D eigenvalue weighted by Gasteiger charge is 2.42. The molecule has 2 N–H and O–H groups in total. The van der Waals surface area contributed by atoms with Gasteiger partial charge in [-0.2, -0.15) is 0 Å². The zero-order valence-electron chi connectivity index (χ0n) is 12.6. The van der Waals surface area contributed by atoms with Crippen LogP contribution < -0.4 is 5.32 Å². The molecule has 2 bridgehead atoms. The molecule has 2 saturated heterocycles. The predicted octanol–water partition coefficient (Wildman–Crippen LogP) is 1.20. The van der Waals surface area contributed by atoms with Gasteiger partial charge in [-0.1, -0.05) is 12.8 Å². The van der Waals surface area contributed by atoms with Gasteiger partial charge in [-0.25, -0.2) is 0 Å². The van der Waals surface area contributed by atoms with Gasteiger partial charge in [0.25, 0.3) is 0 Å². The number of amides is 2. The van der Waals surface area contributed by atoms with Crippen LogP contribution in [0.25, 0.3) is 0 Å². The third-order valence-electron chi connectivity index (χ3n) is 5.36. The number of carbonyl (C=O) groups excluding carboxylic acids is 2. The molecule has 0 spiro atoms. The van der Waals surface area contributed by atoms with Crippen molar-refractivity contribution in [2.75, 3.05) is 6.54 Å². The van der Waals surface area contributed by atoms with Crippen LogP contribution in [0.5, 0.6) is 0 Å². The molecule has 2 heterocycles. The average Bonchev–Trinajstić information content (AvgIpc) is 3.06. The quantitative estimate of drug-likeness (QED) is 0.818. The van der Waals surface area contributed by atoms with Crippen molar-refractivity contribution < 1.29 is 14.7 Å². The molecule has 1 saturated carbocycles. The molecule has 5 heteroatoms. The van der Waals surface area contributed by atoms with Gasteiger partial charge in [0.2, 0.25) is 11.8 Å². The topological polar surface area (TPSA) is 69.6 Å². The van der Waals surface area contributed by atoms with Gasteiger partial charge in [0.1, 0.15) is 0 Å². The molecule has 21 heavy (non-hydrogen) atoms. The zero-order valence-corrected chi connectivity index (χ0v) is 12.6. The number of rotatable bonds is 4. The maximum atomic E-state index is 12.4. The SMILES string of the molecule is O=C(NCCC(=O)N1C2CCC1CC(O)C2)C1CCCC1. The highest BCUT2D eigenvalue weighted by molar-refractivity contribution is 5.81. The maximum absolute atomic E-state index is 12.4. The van der Waals surface area contributed by atoms with E-state index in [1.807, 2.05) is 4.90 Å². The first-order chi connectivity index (χ1) is 10.1. The minimum atomic E-state index is -0.242. The summed E-state index contributed by atoms with van der Waals surface area (Å²) in [4.78, 5) is 26.3. The van der Waals surface area contributed by atoms with Gasteiger partial charge in [0.15, 0.2) is 0 Å². The molecule has 1 aliphatic carbocycles. The van der Waals surface area contributed by atoms with Crippen LogP contribution in [0.2, 0.25) is 0 Å². The Morgan fingerprint density at radius 1 is 1.05 bits per heavy atom. The van der Waals surface area contributed by atoms with Crippen LogP contribution in [-0.2, 0) is 9.59 Å². The summed E-state index contributed by atoms with van der Waals surface area (Å²) >= 11 is 0. The second kappa shape index (κ2) is 6.34. The van der Waals surface area contributed by atoms with E-state index in [-0.39, 0.29) is 35.9 Å². The number of aliphatic hydroxyl groups is 1. The van der Waals surface area contributed by atoms with E-state index in [1.54, 1.807) is 0 Å². The summed E-state index contributed by atoms with van der Waals surface area (Å²) in [7, 11) is 0. The highest BCUT2D eigenvalue weighted by Crippen LogP contribution is 2.36. The van der Waals surface area contributed by atoms with Crippen LogP contribution in [0.1, 0.15) is 57.8 Å². The van der Waals surface area contributed by atoms with E-state index in [1.165, 1.54) is 0 Å². The van der Waals surface area contributed by atoms with Crippen molar-refractivity contribution in [2.24, 2.45) is 5.92 Å². The Morgan fingerprint density at radius 2 is 1.67 bits per heavy atom. The first kappa shape index (κ1) is 14.8. The van der Waals surface area contributed by atoms with Crippen molar-refractivity contribution >= 4 is 11.8 Å². The molecule has 3 fully saturated rings. The molecule has 3 rings (SSSR count). The minimum absolute atomic E-state index is 0.123. The van der Waals surface area contributed by atoms with E-state index >= 15 is 0 Å². The lowest BCUT2D eigenvalue weighted by Crippen LogP contribution is -2.48. The summed E-state index contributed by atoms with van der Waals surface area (Å²) in [6.07, 6.45) is 7.90. The lowest BCUT2D eigenvalue weighted by atomic mass is 9.99. The third-order valence-corrected chi connectivity index (χ3v) is 5.36. The molecule has 3 aliphatic rings. The number of hydrogen-bond acceptors (Lipinski definition) is 3. The average molecular weight is 294 g/mol. The molecule has 118 valence electrons. The van der Waals surface area contributed by atoms with Crippen molar-refractivity contribution in [1.29, 1.82) is 0 Å². The first-order valence-electron chi connectivity index (χ1n) is 8.42. The van der Waals surface area contributed by atoms with Gasteiger partial charge in [-0.3, -0.25) is 9.59 Å². The molecule has 0 aromatic heterocycles. The van der Waals surface area contributed by atoms with Gasteiger partial charge < -0.3 is 15.3 Å². The highest BCUT2D eigenvalue weighted by atomic mass is 16.3. The first-order valence-corrected chi connectivity index (χ1v) is 8.42. The standard InChI is InChI=1S/C16H26N2O3/c19-14-9-12-5-6-13(10-14)18(12)15(20)7-8-17-16(21)11-3-1-2-4-11/h11-14,19H,1-10H2,(H,17,21). The van der Waals surface area contributed by atoms with Crippen LogP contribution in [-0.4, -0.2) is 46.6 Å². The largest absolute Gasteiger partial charge is 0.393 e. The van der Waals surface area contributed by atoms with Gasteiger partial charge >= 0.3 is 0 Å². The van der Waals surface area contributed by atoms with Gasteiger partial charge in [0.05, 0.1) is 6.10 Å². The van der Waals surface area contributed by atoms with Crippen molar-refractivity contribution in [3.63, 3.8) is 0 Å². The van der Waals surface area contributed by atoms with Crippen molar-refractivity contribution in [3.8, 4) is 0 Å². The zero-order chi connectivity index (χ0) is 14.8. The Morgan fingerprint density at radius 3 is 2.29 bits per heavy atom. The predicted molar refractivity (Wildman–Crippen MR) is 78.5 cm³/mol. The van der Waals surface area contributed by atoms with Crippen LogP contribution in [0.3, 0.4) is 0 Å². The van der Waals surface area contributed by atoms with Gasteiger partial charge in [0, 0.05) is 31.0 Å². The Bertz CT molecular complexity index is 392. The minimum Gasteiger partial charge on any atom is -0.393 e. The lowest BCUT2D eigenvalue weighted by molar-refractivity contribution is -0.137. The molecule has 5 nitrogen and oxygen atoms in total. The molecular weight excluding hydrogens is 268 g/mol. The summed E-state index contributed by atoms with van der Waals surface area (Å²) in [6.45, 7) is 0.451. The number of nitrogens with zero attached hydrogens (tertiary/aromatic N) is 1. The van der Waals surface area contributed by atoms with Crippen molar-refractivity contribution in [1.82, 2.24) is 10.2 Å². The van der Waals surface area contributed by atoms with E-state index < -0.39 is 0 Å². The van der Waals surface area contributed by atoms with E-state index in [0.29, 0.717) is 13.0 Å². The fourth-order valence-corrected chi connectivity index (χ4v) is 4.31. The monoisotopic (exact) mass is 294 g/mol. The van der Waals surface area contributed by atoms with Gasteiger partial charge in [-0.05, 0) is 38.5 Å². The Labute approximate surface area is 126 Å². The molecule has 0 aromatic rings. The molecule has 0 aromatic carbocycles. The van der Waals surface area contributed by atoms with Crippen LogP contribution >= 0.6 is 0 Å². The van der Waals surface area contributed by atoms with Crippen molar-refractivity contribution in [2.45, 2.75) is 76.0 Å². The smallest absolute Gasteiger partial charge is 0.224 e. The molecule has 0 radical (unpaired) electrons. The molecular formula is C16H26N2O3. The van der Waals surface area contributed by atoms with E-state index in [4.69, 9.17) is 0 Å². The summed E-state index contributed by atoms with van der Waals surface area (Å²) < 4.78 is 0. The second-order valence-corrected chi connectivity index (χ2v) is 6.83. The number of fused-ring (bicyclic) bond motifs is 2. The lowest BCUT2D eigenvalue weighted by Gasteiger charge is -2.37. The molecule has 2 atom stereocenters. The number of nitrogens with one attached hydrogen (secondary N) is 1. The number of hydrogen-bond donors (Lipinski definition) is 2. The summed E-state index contributed by atoms with van der Waals surface area (Å²) in [6, 6.07) is 0.438. The fourth-order valence-electron chi connectivity index (χ4n) is 4.31. The van der Waals surface area contributed by atoms with E-state index in [0.717, 1.165) is 51.4 Å². The normalized spacial score (nSPS) is 32.4. The summed E-state index contributed by atoms with van der Waals surface area (Å²) in [5.74, 6) is 0.430. The molecule has 2 amide bonds. The second-order valence-electron chi connectivity index (χ2n) is 6.83. The Kier molecular flexibility index (Phi) is 4.48. The van der Waals surface area contributed by atoms with Crippen LogP contribution in [0, 0.1) is 5.92 Å². The number of carbonyl (C=O) groups is 2. The third kappa shape index (κ3) is 3.23. The Hall–Kier alpha value is -1.10. The summed E-state index contributed by atoms with van der Waals surface area (Å²) in [5, 5.41) is 12.7. The summed E-state index contributed by atoms with van der Waals surface area (Å²) in [5.41, 5.74) is 0. The van der Waals surface area contributed by atoms with Crippen LogP contribution in [0.15, 0.2) is 0 Å². The van der Waals surface area contributed by atoms with E-state index in [9.17, 15) is 14.7 Å². The Balaban J connectivity index is 1.43. The molecule has 2 aliphatic heterocycles. The maximum Gasteiger partial charge on any atom is 0.224 e. The number of aliphatic hydroxyl groups excluding tert-OH is 1. The van der Waals surface area contributed by atoms with E-state index in [2.05, 4.69) is 5.32 Å². The fraction of sp³-hybridized carbons (Fsp3) is 0.875. The van der Waals surface area contributed by atoms with Crippen LogP contribution in [0.4, 0.5) is 0 Å².